The summed E-state index contributed by atoms with van der Waals surface area (Å²) in [7, 11) is 0. The number of amides is 1. The van der Waals surface area contributed by atoms with Gasteiger partial charge in [0.1, 0.15) is 5.75 Å². The number of carbonyl (C=O) groups is 1. The van der Waals surface area contributed by atoms with Crippen molar-refractivity contribution in [2.45, 2.75) is 46.0 Å². The molecule has 0 saturated heterocycles. The van der Waals surface area contributed by atoms with Gasteiger partial charge in [0.2, 0.25) is 0 Å². The minimum atomic E-state index is -0.105. The standard InChI is InChI=1S/C21H27NO2/c1-4-6-15-24-20-13-9-18(10-14-20)21(23)22-19-11-7-17(8-12-19)16(3)5-2/h7-14,16H,4-6,15H2,1-3H3,(H,22,23). The molecule has 0 aromatic heterocycles. The molecule has 0 aliphatic carbocycles. The highest BCUT2D eigenvalue weighted by Gasteiger charge is 2.07. The van der Waals surface area contributed by atoms with Crippen LogP contribution < -0.4 is 10.1 Å². The van der Waals surface area contributed by atoms with Crippen LogP contribution in [0.4, 0.5) is 5.69 Å². The minimum Gasteiger partial charge on any atom is -0.494 e. The molecule has 0 aliphatic heterocycles. The topological polar surface area (TPSA) is 38.3 Å². The Kier molecular flexibility index (Phi) is 6.86. The van der Waals surface area contributed by atoms with Gasteiger partial charge in [-0.2, -0.15) is 0 Å². The van der Waals surface area contributed by atoms with E-state index in [1.54, 1.807) is 12.1 Å². The van der Waals surface area contributed by atoms with Crippen molar-refractivity contribution >= 4 is 11.6 Å². The molecule has 128 valence electrons. The predicted octanol–water partition coefficient (Wildman–Crippen LogP) is 5.63. The van der Waals surface area contributed by atoms with Gasteiger partial charge in [0, 0.05) is 11.3 Å². The van der Waals surface area contributed by atoms with Crippen LogP contribution in [0.2, 0.25) is 0 Å². The zero-order valence-corrected chi connectivity index (χ0v) is 14.8. The number of carbonyl (C=O) groups excluding carboxylic acids is 1. The van der Waals surface area contributed by atoms with Crippen LogP contribution in [-0.2, 0) is 0 Å². The van der Waals surface area contributed by atoms with Gasteiger partial charge in [-0.25, -0.2) is 0 Å². The van der Waals surface area contributed by atoms with Crippen molar-refractivity contribution in [2.75, 3.05) is 11.9 Å². The van der Waals surface area contributed by atoms with E-state index in [4.69, 9.17) is 4.74 Å². The van der Waals surface area contributed by atoms with Gasteiger partial charge < -0.3 is 10.1 Å². The van der Waals surface area contributed by atoms with Crippen molar-refractivity contribution in [2.24, 2.45) is 0 Å². The molecule has 2 rings (SSSR count). The molecule has 1 amide bonds. The van der Waals surface area contributed by atoms with Gasteiger partial charge in [-0.05, 0) is 60.7 Å². The maximum Gasteiger partial charge on any atom is 0.255 e. The maximum atomic E-state index is 12.3. The molecule has 1 N–H and O–H groups in total. The van der Waals surface area contributed by atoms with E-state index in [-0.39, 0.29) is 5.91 Å². The van der Waals surface area contributed by atoms with Crippen molar-refractivity contribution < 1.29 is 9.53 Å². The summed E-state index contributed by atoms with van der Waals surface area (Å²) in [6.07, 6.45) is 3.25. The third kappa shape index (κ3) is 5.12. The zero-order chi connectivity index (χ0) is 17.4. The SMILES string of the molecule is CCCCOc1ccc(C(=O)Nc2ccc(C(C)CC)cc2)cc1. The molecule has 0 bridgehead atoms. The molecule has 3 nitrogen and oxygen atoms in total. The second-order valence-corrected chi connectivity index (χ2v) is 6.11. The lowest BCUT2D eigenvalue weighted by Crippen LogP contribution is -2.11. The van der Waals surface area contributed by atoms with Crippen LogP contribution in [0.3, 0.4) is 0 Å². The van der Waals surface area contributed by atoms with E-state index < -0.39 is 0 Å². The number of unbranched alkanes of at least 4 members (excludes halogenated alkanes) is 1. The van der Waals surface area contributed by atoms with Crippen molar-refractivity contribution in [3.8, 4) is 5.75 Å². The average Bonchev–Trinajstić information content (AvgIpc) is 2.62. The third-order valence-electron chi connectivity index (χ3n) is 4.23. The fourth-order valence-corrected chi connectivity index (χ4v) is 2.37. The van der Waals surface area contributed by atoms with E-state index in [1.807, 2.05) is 24.3 Å². The summed E-state index contributed by atoms with van der Waals surface area (Å²) in [5, 5.41) is 2.93. The van der Waals surface area contributed by atoms with E-state index in [1.165, 1.54) is 5.56 Å². The van der Waals surface area contributed by atoms with Crippen LogP contribution in [0.25, 0.3) is 0 Å². The van der Waals surface area contributed by atoms with Crippen LogP contribution in [0, 0.1) is 0 Å². The first-order valence-corrected chi connectivity index (χ1v) is 8.78. The number of nitrogens with one attached hydrogen (secondary N) is 1. The molecule has 2 aromatic rings. The Hall–Kier alpha value is -2.29. The van der Waals surface area contributed by atoms with E-state index in [9.17, 15) is 4.79 Å². The largest absolute Gasteiger partial charge is 0.494 e. The highest BCUT2D eigenvalue weighted by atomic mass is 16.5. The second-order valence-electron chi connectivity index (χ2n) is 6.11. The van der Waals surface area contributed by atoms with Gasteiger partial charge >= 0.3 is 0 Å². The van der Waals surface area contributed by atoms with Crippen molar-refractivity contribution in [3.05, 3.63) is 59.7 Å². The number of anilines is 1. The van der Waals surface area contributed by atoms with Crippen molar-refractivity contribution in [1.82, 2.24) is 0 Å². The molecule has 0 spiro atoms. The summed E-state index contributed by atoms with van der Waals surface area (Å²) in [5.74, 6) is 1.24. The van der Waals surface area contributed by atoms with Crippen molar-refractivity contribution in [1.29, 1.82) is 0 Å². The number of ether oxygens (including phenoxy) is 1. The summed E-state index contributed by atoms with van der Waals surface area (Å²) < 4.78 is 5.61. The molecule has 1 atom stereocenters. The van der Waals surface area contributed by atoms with E-state index in [0.29, 0.717) is 18.1 Å². The Morgan fingerprint density at radius 3 is 2.29 bits per heavy atom. The first kappa shape index (κ1) is 18.1. The number of rotatable bonds is 8. The Labute approximate surface area is 145 Å². The molecule has 24 heavy (non-hydrogen) atoms. The molecule has 3 heteroatoms. The van der Waals surface area contributed by atoms with E-state index >= 15 is 0 Å². The molecular formula is C21H27NO2. The third-order valence-corrected chi connectivity index (χ3v) is 4.23. The number of benzene rings is 2. The van der Waals surface area contributed by atoms with Gasteiger partial charge in [0.05, 0.1) is 6.61 Å². The Morgan fingerprint density at radius 2 is 1.71 bits per heavy atom. The Morgan fingerprint density at radius 1 is 1.04 bits per heavy atom. The lowest BCUT2D eigenvalue weighted by Gasteiger charge is -2.11. The second kappa shape index (κ2) is 9.11. The minimum absolute atomic E-state index is 0.105. The zero-order valence-electron chi connectivity index (χ0n) is 14.8. The molecule has 1 unspecified atom stereocenters. The quantitative estimate of drug-likeness (QED) is 0.639. The van der Waals surface area contributed by atoms with Crippen LogP contribution in [0.5, 0.6) is 5.75 Å². The first-order valence-electron chi connectivity index (χ1n) is 8.78. The fraction of sp³-hybridized carbons (Fsp3) is 0.381. The highest BCUT2D eigenvalue weighted by Crippen LogP contribution is 2.21. The molecule has 0 aliphatic rings. The molecule has 0 saturated carbocycles. The van der Waals surface area contributed by atoms with Gasteiger partial charge in [-0.1, -0.05) is 39.3 Å². The number of hydrogen-bond donors (Lipinski definition) is 1. The van der Waals surface area contributed by atoms with Crippen LogP contribution in [-0.4, -0.2) is 12.5 Å². The van der Waals surface area contributed by atoms with Gasteiger partial charge in [-0.15, -0.1) is 0 Å². The Bertz CT molecular complexity index is 632. The van der Waals surface area contributed by atoms with Crippen LogP contribution in [0.1, 0.15) is 61.9 Å². The molecular weight excluding hydrogens is 298 g/mol. The van der Waals surface area contributed by atoms with Gasteiger partial charge in [-0.3, -0.25) is 4.79 Å². The van der Waals surface area contributed by atoms with Crippen LogP contribution in [0.15, 0.2) is 48.5 Å². The maximum absolute atomic E-state index is 12.3. The summed E-state index contributed by atoms with van der Waals surface area (Å²) in [6, 6.07) is 15.4. The summed E-state index contributed by atoms with van der Waals surface area (Å²) >= 11 is 0. The lowest BCUT2D eigenvalue weighted by atomic mass is 9.98. The molecule has 0 fully saturated rings. The predicted molar refractivity (Wildman–Crippen MR) is 99.9 cm³/mol. The van der Waals surface area contributed by atoms with Crippen molar-refractivity contribution in [3.63, 3.8) is 0 Å². The normalized spacial score (nSPS) is 11.8. The molecule has 2 aromatic carbocycles. The lowest BCUT2D eigenvalue weighted by molar-refractivity contribution is 0.102. The first-order chi connectivity index (χ1) is 11.6. The van der Waals surface area contributed by atoms with Crippen LogP contribution >= 0.6 is 0 Å². The summed E-state index contributed by atoms with van der Waals surface area (Å²) in [6.45, 7) is 7.23. The summed E-state index contributed by atoms with van der Waals surface area (Å²) in [5.41, 5.74) is 2.74. The molecule has 0 radical (unpaired) electrons. The highest BCUT2D eigenvalue weighted by molar-refractivity contribution is 6.04. The number of hydrogen-bond acceptors (Lipinski definition) is 2. The summed E-state index contributed by atoms with van der Waals surface area (Å²) in [4.78, 5) is 12.3. The van der Waals surface area contributed by atoms with E-state index in [2.05, 4.69) is 38.2 Å². The van der Waals surface area contributed by atoms with Gasteiger partial charge in [0.25, 0.3) is 5.91 Å². The van der Waals surface area contributed by atoms with E-state index in [0.717, 1.165) is 30.7 Å². The van der Waals surface area contributed by atoms with Gasteiger partial charge in [0.15, 0.2) is 0 Å². The molecule has 0 heterocycles. The fourth-order valence-electron chi connectivity index (χ4n) is 2.37. The average molecular weight is 325 g/mol. The monoisotopic (exact) mass is 325 g/mol. The Balaban J connectivity index is 1.94. The smallest absolute Gasteiger partial charge is 0.255 e.